The summed E-state index contributed by atoms with van der Waals surface area (Å²) in [5.41, 5.74) is 3.38. The van der Waals surface area contributed by atoms with Crippen LogP contribution in [0.3, 0.4) is 0 Å². The van der Waals surface area contributed by atoms with Gasteiger partial charge in [0.15, 0.2) is 8.32 Å². The molecule has 0 bridgehead atoms. The zero-order valence-electron chi connectivity index (χ0n) is 20.8. The number of methoxy groups -OCH3 is 1. The quantitative estimate of drug-likeness (QED) is 0.147. The highest BCUT2D eigenvalue weighted by Gasteiger charge is 2.40. The summed E-state index contributed by atoms with van der Waals surface area (Å²) in [6.45, 7) is 14.5. The Morgan fingerprint density at radius 2 is 1.79 bits per heavy atom. The monoisotopic (exact) mass is 577 g/mol. The van der Waals surface area contributed by atoms with Gasteiger partial charge < -0.3 is 18.5 Å². The minimum atomic E-state index is -2.02. The van der Waals surface area contributed by atoms with Crippen molar-refractivity contribution in [3.8, 4) is 5.75 Å². The van der Waals surface area contributed by atoms with Gasteiger partial charge in [0.25, 0.3) is 0 Å². The van der Waals surface area contributed by atoms with Gasteiger partial charge in [0, 0.05) is 15.0 Å². The number of aromatic nitrogens is 1. The number of nitrogens with zero attached hydrogens (tertiary/aromatic N) is 1. The van der Waals surface area contributed by atoms with Crippen LogP contribution >= 0.6 is 22.6 Å². The summed E-state index contributed by atoms with van der Waals surface area (Å²) in [7, 11) is -0.314. The first kappa shape index (κ1) is 26.0. The molecule has 1 atom stereocenters. The van der Waals surface area contributed by atoms with Crippen molar-refractivity contribution in [1.82, 2.24) is 4.57 Å². The Balaban J connectivity index is 2.07. The van der Waals surface area contributed by atoms with Crippen molar-refractivity contribution >= 4 is 41.8 Å². The van der Waals surface area contributed by atoms with E-state index < -0.39 is 8.32 Å². The summed E-state index contributed by atoms with van der Waals surface area (Å²) < 4.78 is 22.1. The smallest absolute Gasteiger partial charge is 0.193 e. The fourth-order valence-electron chi connectivity index (χ4n) is 3.54. The average molecular weight is 578 g/mol. The van der Waals surface area contributed by atoms with E-state index in [0.29, 0.717) is 13.3 Å². The number of benzene rings is 2. The molecular formula is C27H36INO3Si. The van der Waals surface area contributed by atoms with Crippen molar-refractivity contribution in [2.75, 3.05) is 7.11 Å². The van der Waals surface area contributed by atoms with Gasteiger partial charge in [-0.2, -0.15) is 0 Å². The van der Waals surface area contributed by atoms with E-state index in [2.05, 4.69) is 104 Å². The first-order valence-corrected chi connectivity index (χ1v) is 15.4. The van der Waals surface area contributed by atoms with Crippen molar-refractivity contribution in [1.29, 1.82) is 0 Å². The molecule has 0 aliphatic heterocycles. The molecule has 0 aliphatic rings. The molecule has 1 heterocycles. The zero-order valence-corrected chi connectivity index (χ0v) is 24.0. The molecule has 0 saturated carbocycles. The maximum Gasteiger partial charge on any atom is 0.193 e. The van der Waals surface area contributed by atoms with E-state index in [0.717, 1.165) is 22.5 Å². The van der Waals surface area contributed by atoms with Gasteiger partial charge in [-0.1, -0.05) is 63.3 Å². The molecule has 1 unspecified atom stereocenters. The van der Waals surface area contributed by atoms with Gasteiger partial charge in [-0.15, -0.1) is 0 Å². The van der Waals surface area contributed by atoms with Crippen LogP contribution in [0.4, 0.5) is 0 Å². The number of fused-ring (bicyclic) bond motifs is 1. The highest BCUT2D eigenvalue weighted by atomic mass is 127. The van der Waals surface area contributed by atoms with Gasteiger partial charge in [-0.3, -0.25) is 0 Å². The summed E-state index contributed by atoms with van der Waals surface area (Å²) in [6, 6.07) is 16.5. The molecule has 178 valence electrons. The Labute approximate surface area is 213 Å². The molecule has 4 nitrogen and oxygen atoms in total. The van der Waals surface area contributed by atoms with Crippen molar-refractivity contribution in [2.45, 2.75) is 65.3 Å². The van der Waals surface area contributed by atoms with Gasteiger partial charge in [0.05, 0.1) is 24.9 Å². The van der Waals surface area contributed by atoms with E-state index in [1.807, 2.05) is 24.3 Å². The zero-order chi connectivity index (χ0) is 24.2. The van der Waals surface area contributed by atoms with Crippen LogP contribution in [0.2, 0.25) is 18.1 Å². The third-order valence-corrected chi connectivity index (χ3v) is 12.0. The average Bonchev–Trinajstić information content (AvgIpc) is 3.04. The third kappa shape index (κ3) is 5.91. The molecule has 1 aromatic heterocycles. The second-order valence-corrected chi connectivity index (χ2v) is 15.6. The van der Waals surface area contributed by atoms with E-state index in [1.165, 1.54) is 8.96 Å². The molecule has 3 rings (SSSR count). The lowest BCUT2D eigenvalue weighted by atomic mass is 10.2. The van der Waals surface area contributed by atoms with Gasteiger partial charge in [-0.05, 0) is 65.3 Å². The van der Waals surface area contributed by atoms with Crippen molar-refractivity contribution in [2.24, 2.45) is 0 Å². The van der Waals surface area contributed by atoms with Crippen molar-refractivity contribution < 1.29 is 13.9 Å². The topological polar surface area (TPSA) is 32.6 Å². The van der Waals surface area contributed by atoms with Gasteiger partial charge in [0.2, 0.25) is 0 Å². The lowest BCUT2D eigenvalue weighted by molar-refractivity contribution is 0.0613. The Hall–Kier alpha value is -1.61. The lowest BCUT2D eigenvalue weighted by Gasteiger charge is -2.39. The highest BCUT2D eigenvalue weighted by molar-refractivity contribution is 14.1. The predicted molar refractivity (Wildman–Crippen MR) is 148 cm³/mol. The van der Waals surface area contributed by atoms with Crippen LogP contribution in [-0.2, 0) is 22.5 Å². The first-order chi connectivity index (χ1) is 15.6. The number of allylic oxidation sites excluding steroid dienone is 1. The van der Waals surface area contributed by atoms with Gasteiger partial charge in [-0.25, -0.2) is 0 Å². The molecule has 6 heteroatoms. The second kappa shape index (κ2) is 10.8. The number of hydrogen-bond donors (Lipinski definition) is 0. The fraction of sp³-hybridized carbons (Fsp3) is 0.407. The molecular weight excluding hydrogens is 541 g/mol. The molecule has 0 saturated heterocycles. The Kier molecular flexibility index (Phi) is 8.48. The molecule has 0 spiro atoms. The molecule has 2 aromatic carbocycles. The van der Waals surface area contributed by atoms with Gasteiger partial charge in [0.1, 0.15) is 18.6 Å². The molecule has 0 N–H and O–H groups in total. The van der Waals surface area contributed by atoms with Crippen LogP contribution in [0.5, 0.6) is 5.75 Å². The Morgan fingerprint density at radius 1 is 1.09 bits per heavy atom. The second-order valence-electron chi connectivity index (χ2n) is 9.80. The Bertz CT molecular complexity index is 1100. The van der Waals surface area contributed by atoms with E-state index >= 15 is 0 Å². The van der Waals surface area contributed by atoms with E-state index in [-0.39, 0.29) is 11.1 Å². The molecule has 33 heavy (non-hydrogen) atoms. The van der Waals surface area contributed by atoms with Crippen LogP contribution in [0.25, 0.3) is 10.9 Å². The van der Waals surface area contributed by atoms with E-state index in [9.17, 15) is 0 Å². The summed E-state index contributed by atoms with van der Waals surface area (Å²) in [5.74, 6) is 0.833. The fourth-order valence-corrected chi connectivity index (χ4v) is 5.77. The van der Waals surface area contributed by atoms with Crippen LogP contribution in [-0.4, -0.2) is 20.0 Å². The third-order valence-electron chi connectivity index (χ3n) is 6.44. The van der Waals surface area contributed by atoms with Gasteiger partial charge >= 0.3 is 0 Å². The van der Waals surface area contributed by atoms with E-state index in [1.54, 1.807) is 7.11 Å². The maximum absolute atomic E-state index is 6.94. The van der Waals surface area contributed by atoms with Crippen LogP contribution in [0, 0.1) is 3.57 Å². The molecule has 3 aromatic rings. The predicted octanol–water partition coefficient (Wildman–Crippen LogP) is 8.07. The Morgan fingerprint density at radius 3 is 2.39 bits per heavy atom. The number of hydrogen-bond acceptors (Lipinski definition) is 3. The summed E-state index contributed by atoms with van der Waals surface area (Å²) >= 11 is 2.46. The normalized spacial score (nSPS) is 13.7. The SMILES string of the molecule is C/C=C/C(O[Si](C)(C)C(C)(C)C)c1c(I)c2ccc(OC)cc2n1COCc1ccccc1. The molecule has 0 fully saturated rings. The minimum Gasteiger partial charge on any atom is -0.497 e. The van der Waals surface area contributed by atoms with Crippen LogP contribution in [0.15, 0.2) is 60.7 Å². The van der Waals surface area contributed by atoms with Crippen LogP contribution < -0.4 is 4.74 Å². The summed E-state index contributed by atoms with van der Waals surface area (Å²) in [6.07, 6.45) is 4.10. The molecule has 0 radical (unpaired) electrons. The maximum atomic E-state index is 6.94. The molecule has 0 aliphatic carbocycles. The first-order valence-electron chi connectivity index (χ1n) is 11.4. The van der Waals surface area contributed by atoms with Crippen molar-refractivity contribution in [3.63, 3.8) is 0 Å². The summed E-state index contributed by atoms with van der Waals surface area (Å²) in [4.78, 5) is 0. The van der Waals surface area contributed by atoms with Crippen molar-refractivity contribution in [3.05, 3.63) is 75.5 Å². The summed E-state index contributed by atoms with van der Waals surface area (Å²) in [5, 5.41) is 1.30. The minimum absolute atomic E-state index is 0.113. The highest BCUT2D eigenvalue weighted by Crippen LogP contribution is 2.42. The lowest BCUT2D eigenvalue weighted by Crippen LogP contribution is -2.42. The van der Waals surface area contributed by atoms with Crippen LogP contribution in [0.1, 0.15) is 45.1 Å². The number of ether oxygens (including phenoxy) is 2. The largest absolute Gasteiger partial charge is 0.497 e. The number of rotatable bonds is 9. The van der Waals surface area contributed by atoms with E-state index in [4.69, 9.17) is 13.9 Å². The molecule has 0 amide bonds. The standard InChI is InChI=1S/C27H36INO3Si/c1-8-12-24(32-33(6,7)27(2,3)4)26-25(28)22-16-15-21(30-5)17-23(22)29(26)19-31-18-20-13-10-9-11-14-20/h8-17,24H,18-19H2,1-7H3/b12-8+. The number of halogens is 1.